The van der Waals surface area contributed by atoms with Crippen molar-refractivity contribution < 1.29 is 14.3 Å². The molecule has 1 aliphatic heterocycles. The summed E-state index contributed by atoms with van der Waals surface area (Å²) >= 11 is 6.29. The molecule has 0 fully saturated rings. The molecular weight excluding hydrogens is 436 g/mol. The Hall–Kier alpha value is -3.57. The summed E-state index contributed by atoms with van der Waals surface area (Å²) in [6.45, 7) is 8.19. The lowest BCUT2D eigenvalue weighted by molar-refractivity contribution is -0.120. The maximum Gasteiger partial charge on any atom is 0.282 e. The van der Waals surface area contributed by atoms with E-state index in [0.29, 0.717) is 39.9 Å². The SMILES string of the molecule is CCOc1ccc(C2=C(Nc3cccc(Cl)c3C)C(=O)N(c3ccc(C)cc3C)C2=O)cc1. The zero-order valence-electron chi connectivity index (χ0n) is 19.0. The zero-order chi connectivity index (χ0) is 23.7. The van der Waals surface area contributed by atoms with Crippen LogP contribution >= 0.6 is 11.6 Å². The van der Waals surface area contributed by atoms with Crippen molar-refractivity contribution in [2.75, 3.05) is 16.8 Å². The lowest BCUT2D eigenvalue weighted by Gasteiger charge is -2.18. The highest BCUT2D eigenvalue weighted by molar-refractivity contribution is 6.46. The molecule has 0 saturated heterocycles. The minimum absolute atomic E-state index is 0.217. The Morgan fingerprint density at radius 2 is 1.67 bits per heavy atom. The number of imide groups is 1. The summed E-state index contributed by atoms with van der Waals surface area (Å²) in [5.41, 5.74) is 5.10. The van der Waals surface area contributed by atoms with Crippen molar-refractivity contribution >= 4 is 40.4 Å². The quantitative estimate of drug-likeness (QED) is 0.454. The second-order valence-corrected chi connectivity index (χ2v) is 8.39. The van der Waals surface area contributed by atoms with E-state index < -0.39 is 5.91 Å². The smallest absolute Gasteiger partial charge is 0.282 e. The average Bonchev–Trinajstić information content (AvgIpc) is 3.02. The van der Waals surface area contributed by atoms with E-state index in [1.54, 1.807) is 36.4 Å². The molecule has 6 heteroatoms. The Morgan fingerprint density at radius 1 is 0.939 bits per heavy atom. The third-order valence-electron chi connectivity index (χ3n) is 5.66. The molecule has 0 saturated carbocycles. The normalized spacial score (nSPS) is 13.7. The van der Waals surface area contributed by atoms with Crippen LogP contribution in [0.3, 0.4) is 0 Å². The Labute approximate surface area is 198 Å². The van der Waals surface area contributed by atoms with Crippen molar-refractivity contribution in [3.8, 4) is 5.75 Å². The number of hydrogen-bond donors (Lipinski definition) is 1. The van der Waals surface area contributed by atoms with Gasteiger partial charge in [-0.3, -0.25) is 9.59 Å². The van der Waals surface area contributed by atoms with Crippen LogP contribution in [0.15, 0.2) is 66.4 Å². The Bertz CT molecular complexity index is 1280. The van der Waals surface area contributed by atoms with Crippen LogP contribution in [0, 0.1) is 20.8 Å². The van der Waals surface area contributed by atoms with Gasteiger partial charge in [-0.05, 0) is 74.7 Å². The van der Waals surface area contributed by atoms with Gasteiger partial charge in [0.1, 0.15) is 11.4 Å². The van der Waals surface area contributed by atoms with Crippen LogP contribution in [0.1, 0.15) is 29.2 Å². The van der Waals surface area contributed by atoms with Crippen LogP contribution in [-0.2, 0) is 9.59 Å². The van der Waals surface area contributed by atoms with Crippen LogP contribution in [0.25, 0.3) is 5.57 Å². The number of nitrogens with zero attached hydrogens (tertiary/aromatic N) is 1. The van der Waals surface area contributed by atoms with Crippen molar-refractivity contribution in [3.05, 3.63) is 93.6 Å². The fourth-order valence-electron chi connectivity index (χ4n) is 3.95. The molecule has 33 heavy (non-hydrogen) atoms. The van der Waals surface area contributed by atoms with Gasteiger partial charge in [-0.15, -0.1) is 0 Å². The van der Waals surface area contributed by atoms with Crippen LogP contribution in [0.2, 0.25) is 5.02 Å². The Balaban J connectivity index is 1.84. The molecule has 0 spiro atoms. The third-order valence-corrected chi connectivity index (χ3v) is 6.07. The van der Waals surface area contributed by atoms with Gasteiger partial charge >= 0.3 is 0 Å². The number of amides is 2. The predicted octanol–water partition coefficient (Wildman–Crippen LogP) is 6.06. The number of halogens is 1. The molecule has 3 aromatic carbocycles. The summed E-state index contributed by atoms with van der Waals surface area (Å²) in [6.07, 6.45) is 0. The maximum atomic E-state index is 13.7. The van der Waals surface area contributed by atoms with Crippen LogP contribution in [0.5, 0.6) is 5.75 Å². The second kappa shape index (κ2) is 9.12. The summed E-state index contributed by atoms with van der Waals surface area (Å²) in [4.78, 5) is 28.5. The number of hydrogen-bond acceptors (Lipinski definition) is 4. The van der Waals surface area contributed by atoms with E-state index in [-0.39, 0.29) is 11.6 Å². The zero-order valence-corrected chi connectivity index (χ0v) is 19.8. The topological polar surface area (TPSA) is 58.6 Å². The van der Waals surface area contributed by atoms with Gasteiger partial charge in [-0.1, -0.05) is 47.5 Å². The van der Waals surface area contributed by atoms with Crippen molar-refractivity contribution in [2.45, 2.75) is 27.7 Å². The maximum absolute atomic E-state index is 13.7. The molecule has 0 atom stereocenters. The molecule has 1 N–H and O–H groups in total. The molecule has 0 bridgehead atoms. The first-order valence-electron chi connectivity index (χ1n) is 10.8. The van der Waals surface area contributed by atoms with Crippen LogP contribution < -0.4 is 15.0 Å². The van der Waals surface area contributed by atoms with Crippen molar-refractivity contribution in [1.82, 2.24) is 0 Å². The van der Waals surface area contributed by atoms with Gasteiger partial charge in [0.2, 0.25) is 0 Å². The Kier molecular flexibility index (Phi) is 6.25. The van der Waals surface area contributed by atoms with Gasteiger partial charge in [0.05, 0.1) is 17.9 Å². The van der Waals surface area contributed by atoms with Crippen LogP contribution in [-0.4, -0.2) is 18.4 Å². The van der Waals surface area contributed by atoms with Gasteiger partial charge in [0, 0.05) is 10.7 Å². The fourth-order valence-corrected chi connectivity index (χ4v) is 4.13. The first-order valence-corrected chi connectivity index (χ1v) is 11.1. The lowest BCUT2D eigenvalue weighted by Crippen LogP contribution is -2.33. The van der Waals surface area contributed by atoms with E-state index in [1.807, 2.05) is 52.0 Å². The molecule has 0 radical (unpaired) electrons. The van der Waals surface area contributed by atoms with E-state index in [4.69, 9.17) is 16.3 Å². The first kappa shape index (κ1) is 22.6. The fraction of sp³-hybridized carbons (Fsp3) is 0.185. The standard InChI is InChI=1S/C27H25ClN2O3/c1-5-33-20-12-10-19(11-13-20)24-25(29-22-8-6-7-21(28)18(22)4)27(32)30(26(24)31)23-14-9-16(2)15-17(23)3/h6-15,29H,5H2,1-4H3. The number of anilines is 2. The number of carbonyl (C=O) groups is 2. The highest BCUT2D eigenvalue weighted by Gasteiger charge is 2.41. The van der Waals surface area contributed by atoms with Gasteiger partial charge in [0.15, 0.2) is 0 Å². The minimum atomic E-state index is -0.407. The Morgan fingerprint density at radius 3 is 2.33 bits per heavy atom. The van der Waals surface area contributed by atoms with E-state index in [2.05, 4.69) is 5.32 Å². The third kappa shape index (κ3) is 4.24. The van der Waals surface area contributed by atoms with E-state index in [1.165, 1.54) is 4.90 Å². The number of nitrogens with one attached hydrogen (secondary N) is 1. The summed E-state index contributed by atoms with van der Waals surface area (Å²) < 4.78 is 5.53. The van der Waals surface area contributed by atoms with Gasteiger partial charge in [-0.2, -0.15) is 0 Å². The summed E-state index contributed by atoms with van der Waals surface area (Å²) in [7, 11) is 0. The highest BCUT2D eigenvalue weighted by Crippen LogP contribution is 2.36. The van der Waals surface area contributed by atoms with Crippen molar-refractivity contribution in [1.29, 1.82) is 0 Å². The number of ether oxygens (including phenoxy) is 1. The first-order chi connectivity index (χ1) is 15.8. The van der Waals surface area contributed by atoms with Gasteiger partial charge in [0.25, 0.3) is 11.8 Å². The molecule has 4 rings (SSSR count). The molecule has 2 amide bonds. The summed E-state index contributed by atoms with van der Waals surface area (Å²) in [6, 6.07) is 18.3. The molecule has 5 nitrogen and oxygen atoms in total. The molecule has 0 unspecified atom stereocenters. The number of carbonyl (C=O) groups excluding carboxylic acids is 2. The minimum Gasteiger partial charge on any atom is -0.494 e. The monoisotopic (exact) mass is 460 g/mol. The predicted molar refractivity (Wildman–Crippen MR) is 133 cm³/mol. The summed E-state index contributed by atoms with van der Waals surface area (Å²) in [5.74, 6) is -0.0847. The van der Waals surface area contributed by atoms with Crippen molar-refractivity contribution in [3.63, 3.8) is 0 Å². The average molecular weight is 461 g/mol. The molecule has 1 aliphatic rings. The largest absolute Gasteiger partial charge is 0.494 e. The second-order valence-electron chi connectivity index (χ2n) is 7.98. The van der Waals surface area contributed by atoms with E-state index in [0.717, 1.165) is 16.7 Å². The van der Waals surface area contributed by atoms with Gasteiger partial charge < -0.3 is 10.1 Å². The molecule has 1 heterocycles. The summed E-state index contributed by atoms with van der Waals surface area (Å²) in [5, 5.41) is 3.78. The van der Waals surface area contributed by atoms with Crippen molar-refractivity contribution in [2.24, 2.45) is 0 Å². The molecular formula is C27H25ClN2O3. The van der Waals surface area contributed by atoms with Gasteiger partial charge in [-0.25, -0.2) is 4.90 Å². The number of rotatable bonds is 6. The number of aryl methyl sites for hydroxylation is 2. The lowest BCUT2D eigenvalue weighted by atomic mass is 10.0. The molecule has 3 aromatic rings. The molecule has 168 valence electrons. The van der Waals surface area contributed by atoms with E-state index in [9.17, 15) is 9.59 Å². The van der Waals surface area contributed by atoms with E-state index >= 15 is 0 Å². The highest BCUT2D eigenvalue weighted by atomic mass is 35.5. The number of benzene rings is 3. The molecule has 0 aliphatic carbocycles. The van der Waals surface area contributed by atoms with Crippen LogP contribution in [0.4, 0.5) is 11.4 Å². The molecule has 0 aromatic heterocycles.